The number of hydrogen-bond acceptors (Lipinski definition) is 3. The van der Waals surface area contributed by atoms with Crippen molar-refractivity contribution in [1.82, 2.24) is 4.90 Å². The van der Waals surface area contributed by atoms with Gasteiger partial charge in [-0.15, -0.1) is 0 Å². The minimum atomic E-state index is 0.118. The van der Waals surface area contributed by atoms with Crippen molar-refractivity contribution in [2.24, 2.45) is 0 Å². The molecule has 1 saturated heterocycles. The predicted molar refractivity (Wildman–Crippen MR) is 85.8 cm³/mol. The van der Waals surface area contributed by atoms with Crippen molar-refractivity contribution in [1.29, 1.82) is 0 Å². The van der Waals surface area contributed by atoms with Crippen molar-refractivity contribution in [3.8, 4) is 5.75 Å². The van der Waals surface area contributed by atoms with Crippen molar-refractivity contribution in [2.75, 3.05) is 37.7 Å². The van der Waals surface area contributed by atoms with Crippen LogP contribution >= 0.6 is 0 Å². The Kier molecular flexibility index (Phi) is 5.26. The molecule has 0 unspecified atom stereocenters. The molecule has 0 N–H and O–H groups in total. The molecule has 0 spiro atoms. The van der Waals surface area contributed by atoms with Gasteiger partial charge in [0.2, 0.25) is 5.91 Å². The van der Waals surface area contributed by atoms with Gasteiger partial charge in [0.25, 0.3) is 0 Å². The van der Waals surface area contributed by atoms with Crippen molar-refractivity contribution >= 4 is 11.6 Å². The molecule has 1 amide bonds. The van der Waals surface area contributed by atoms with Gasteiger partial charge in [0, 0.05) is 32.3 Å². The fraction of sp³-hybridized carbons (Fsp3) is 0.471. The van der Waals surface area contributed by atoms with Crippen LogP contribution in [-0.2, 0) is 4.79 Å². The number of allylic oxidation sites excluding steroid dienone is 1. The van der Waals surface area contributed by atoms with Gasteiger partial charge in [0.1, 0.15) is 5.75 Å². The summed E-state index contributed by atoms with van der Waals surface area (Å²) in [7, 11) is 0. The average Bonchev–Trinajstić information content (AvgIpc) is 2.48. The quantitative estimate of drug-likeness (QED) is 0.799. The maximum Gasteiger partial charge on any atom is 0.246 e. The second kappa shape index (κ2) is 7.16. The number of hydrogen-bond donors (Lipinski definition) is 0. The number of rotatable bonds is 4. The smallest absolute Gasteiger partial charge is 0.246 e. The summed E-state index contributed by atoms with van der Waals surface area (Å²) in [4.78, 5) is 16.2. The molecule has 0 atom stereocenters. The average molecular weight is 288 g/mol. The number of piperazine rings is 1. The zero-order valence-electron chi connectivity index (χ0n) is 13.1. The number of ether oxygens (including phenoxy) is 1. The van der Waals surface area contributed by atoms with E-state index >= 15 is 0 Å². The first-order chi connectivity index (χ1) is 10.1. The highest BCUT2D eigenvalue weighted by Crippen LogP contribution is 2.28. The topological polar surface area (TPSA) is 32.8 Å². The molecule has 1 aromatic carbocycles. The molecule has 0 saturated carbocycles. The van der Waals surface area contributed by atoms with Crippen LogP contribution in [0, 0.1) is 0 Å². The Labute approximate surface area is 127 Å². The Hall–Kier alpha value is -1.97. The van der Waals surface area contributed by atoms with E-state index in [-0.39, 0.29) is 5.91 Å². The number of carbonyl (C=O) groups is 1. The highest BCUT2D eigenvalue weighted by molar-refractivity contribution is 5.88. The molecule has 0 radical (unpaired) electrons. The van der Waals surface area contributed by atoms with E-state index < -0.39 is 0 Å². The van der Waals surface area contributed by atoms with Gasteiger partial charge < -0.3 is 14.5 Å². The van der Waals surface area contributed by atoms with Crippen molar-refractivity contribution in [2.45, 2.75) is 20.8 Å². The maximum absolute atomic E-state index is 12.0. The van der Waals surface area contributed by atoms with Crippen LogP contribution in [0.4, 0.5) is 5.69 Å². The molecule has 21 heavy (non-hydrogen) atoms. The fourth-order valence-corrected chi connectivity index (χ4v) is 2.50. The van der Waals surface area contributed by atoms with Crippen LogP contribution in [0.2, 0.25) is 0 Å². The number of anilines is 1. The molecule has 4 nitrogen and oxygen atoms in total. The van der Waals surface area contributed by atoms with Crippen LogP contribution in [0.3, 0.4) is 0 Å². The van der Waals surface area contributed by atoms with E-state index in [9.17, 15) is 4.79 Å². The standard InChI is InChI=1S/C17H24N2O2/c1-4-21-16-8-6-5-7-15(16)18-9-11-19(12-10-18)17(20)13-14(2)3/h5-8,13H,4,9-12H2,1-3H3. The zero-order valence-corrected chi connectivity index (χ0v) is 13.1. The lowest BCUT2D eigenvalue weighted by atomic mass is 10.2. The molecule has 0 aromatic heterocycles. The minimum Gasteiger partial charge on any atom is -0.492 e. The third kappa shape index (κ3) is 4.00. The third-order valence-corrected chi connectivity index (χ3v) is 3.51. The SMILES string of the molecule is CCOc1ccccc1N1CCN(C(=O)C=C(C)C)CC1. The highest BCUT2D eigenvalue weighted by atomic mass is 16.5. The Balaban J connectivity index is 2.01. The Morgan fingerprint density at radius 3 is 2.48 bits per heavy atom. The van der Waals surface area contributed by atoms with Gasteiger partial charge in [-0.05, 0) is 32.9 Å². The highest BCUT2D eigenvalue weighted by Gasteiger charge is 2.21. The fourth-order valence-electron chi connectivity index (χ4n) is 2.50. The lowest BCUT2D eigenvalue weighted by Gasteiger charge is -2.36. The predicted octanol–water partition coefficient (Wildman–Crippen LogP) is 2.70. The molecule has 1 heterocycles. The number of amides is 1. The van der Waals surface area contributed by atoms with Gasteiger partial charge in [0.15, 0.2) is 0 Å². The molecule has 1 aliphatic rings. The second-order valence-corrected chi connectivity index (χ2v) is 5.43. The van der Waals surface area contributed by atoms with Crippen LogP contribution in [0.5, 0.6) is 5.75 Å². The first-order valence-electron chi connectivity index (χ1n) is 7.52. The molecule has 114 valence electrons. The summed E-state index contributed by atoms with van der Waals surface area (Å²) >= 11 is 0. The van der Waals surface area contributed by atoms with Gasteiger partial charge in [-0.25, -0.2) is 0 Å². The van der Waals surface area contributed by atoms with E-state index in [1.54, 1.807) is 6.08 Å². The second-order valence-electron chi connectivity index (χ2n) is 5.43. The molecule has 0 aliphatic carbocycles. The normalized spacial score (nSPS) is 14.8. The van der Waals surface area contributed by atoms with Crippen LogP contribution in [0.1, 0.15) is 20.8 Å². The van der Waals surface area contributed by atoms with Crippen LogP contribution < -0.4 is 9.64 Å². The zero-order chi connectivity index (χ0) is 15.2. The molecule has 1 fully saturated rings. The Morgan fingerprint density at radius 2 is 1.86 bits per heavy atom. The monoisotopic (exact) mass is 288 g/mol. The summed E-state index contributed by atoms with van der Waals surface area (Å²) < 4.78 is 5.69. The minimum absolute atomic E-state index is 0.118. The van der Waals surface area contributed by atoms with Crippen molar-refractivity contribution < 1.29 is 9.53 Å². The number of nitrogens with zero attached hydrogens (tertiary/aromatic N) is 2. The number of para-hydroxylation sites is 2. The van der Waals surface area contributed by atoms with E-state index in [1.165, 1.54) is 0 Å². The summed E-state index contributed by atoms with van der Waals surface area (Å²) in [5, 5.41) is 0. The van der Waals surface area contributed by atoms with E-state index in [1.807, 2.05) is 43.9 Å². The number of carbonyl (C=O) groups excluding carboxylic acids is 1. The van der Waals surface area contributed by atoms with Crippen LogP contribution in [0.15, 0.2) is 35.9 Å². The third-order valence-electron chi connectivity index (χ3n) is 3.51. The molecule has 4 heteroatoms. The van der Waals surface area contributed by atoms with E-state index in [0.717, 1.165) is 43.2 Å². The van der Waals surface area contributed by atoms with Crippen LogP contribution in [-0.4, -0.2) is 43.6 Å². The van der Waals surface area contributed by atoms with Crippen molar-refractivity contribution in [3.63, 3.8) is 0 Å². The molecule has 2 rings (SSSR count). The van der Waals surface area contributed by atoms with Gasteiger partial charge in [-0.2, -0.15) is 0 Å². The maximum atomic E-state index is 12.0. The molecule has 0 bridgehead atoms. The first kappa shape index (κ1) is 15.4. The van der Waals surface area contributed by atoms with Gasteiger partial charge in [-0.3, -0.25) is 4.79 Å². The lowest BCUT2D eigenvalue weighted by molar-refractivity contribution is -0.126. The van der Waals surface area contributed by atoms with E-state index in [4.69, 9.17) is 4.74 Å². The summed E-state index contributed by atoms with van der Waals surface area (Å²) in [6, 6.07) is 8.10. The van der Waals surface area contributed by atoms with Gasteiger partial charge in [0.05, 0.1) is 12.3 Å². The summed E-state index contributed by atoms with van der Waals surface area (Å²) in [5.74, 6) is 1.04. The molecule has 1 aliphatic heterocycles. The lowest BCUT2D eigenvalue weighted by Crippen LogP contribution is -2.48. The Bertz CT molecular complexity index is 513. The largest absolute Gasteiger partial charge is 0.492 e. The Morgan fingerprint density at radius 1 is 1.19 bits per heavy atom. The van der Waals surface area contributed by atoms with Gasteiger partial charge in [-0.1, -0.05) is 17.7 Å². The first-order valence-corrected chi connectivity index (χ1v) is 7.52. The number of benzene rings is 1. The molecular weight excluding hydrogens is 264 g/mol. The summed E-state index contributed by atoms with van der Waals surface area (Å²) in [5.41, 5.74) is 2.16. The van der Waals surface area contributed by atoms with Gasteiger partial charge >= 0.3 is 0 Å². The summed E-state index contributed by atoms with van der Waals surface area (Å²) in [6.45, 7) is 9.74. The molecule has 1 aromatic rings. The van der Waals surface area contributed by atoms with E-state index in [2.05, 4.69) is 11.0 Å². The van der Waals surface area contributed by atoms with Crippen molar-refractivity contribution in [3.05, 3.63) is 35.9 Å². The van der Waals surface area contributed by atoms with Crippen LogP contribution in [0.25, 0.3) is 0 Å². The summed E-state index contributed by atoms with van der Waals surface area (Å²) in [6.07, 6.45) is 1.71. The van der Waals surface area contributed by atoms with E-state index in [0.29, 0.717) is 6.61 Å². The molecular formula is C17H24N2O2.